The number of unbranched alkanes of at least 4 members (excludes halogenated alkanes) is 1. The van der Waals surface area contributed by atoms with E-state index in [2.05, 4.69) is 10.6 Å². The second-order valence-electron chi connectivity index (χ2n) is 6.86. The van der Waals surface area contributed by atoms with Gasteiger partial charge in [-0.2, -0.15) is 0 Å². The number of carbonyl (C=O) groups is 4. The number of hydrogen-bond acceptors (Lipinski definition) is 5. The summed E-state index contributed by atoms with van der Waals surface area (Å²) >= 11 is 0. The van der Waals surface area contributed by atoms with Gasteiger partial charge in [0, 0.05) is 6.08 Å². The lowest BCUT2D eigenvalue weighted by atomic mass is 10.0. The Kier molecular flexibility index (Phi) is 11.7. The fraction of sp³-hybridized carbons (Fsp3) is 0.667. The molecule has 0 aromatic heterocycles. The van der Waals surface area contributed by atoms with Crippen LogP contribution in [0.1, 0.15) is 46.5 Å². The Labute approximate surface area is 159 Å². The maximum absolute atomic E-state index is 12.5. The van der Waals surface area contributed by atoms with Crippen LogP contribution in [0.5, 0.6) is 0 Å². The van der Waals surface area contributed by atoms with Gasteiger partial charge in [-0.05, 0) is 38.1 Å². The first-order chi connectivity index (χ1) is 12.6. The lowest BCUT2D eigenvalue weighted by Gasteiger charge is -2.23. The van der Waals surface area contributed by atoms with E-state index in [1.165, 1.54) is 13.0 Å². The molecule has 2 amide bonds. The van der Waals surface area contributed by atoms with E-state index in [1.807, 2.05) is 13.8 Å². The number of carboxylic acids is 2. The smallest absolute Gasteiger partial charge is 0.328 e. The Hall–Kier alpha value is -2.42. The summed E-state index contributed by atoms with van der Waals surface area (Å²) in [7, 11) is 0. The molecule has 6 N–H and O–H groups in total. The van der Waals surface area contributed by atoms with Gasteiger partial charge in [-0.25, -0.2) is 9.59 Å². The molecule has 27 heavy (non-hydrogen) atoms. The fourth-order valence-corrected chi connectivity index (χ4v) is 2.34. The highest BCUT2D eigenvalue weighted by molar-refractivity contribution is 5.91. The molecule has 0 spiro atoms. The molecule has 0 fully saturated rings. The molecule has 0 heterocycles. The largest absolute Gasteiger partial charge is 0.480 e. The molecule has 154 valence electrons. The molecule has 0 aliphatic rings. The number of carbonyl (C=O) groups excluding carboxylic acids is 2. The van der Waals surface area contributed by atoms with Crippen LogP contribution in [0.2, 0.25) is 0 Å². The van der Waals surface area contributed by atoms with E-state index in [0.717, 1.165) is 6.08 Å². The predicted octanol–water partition coefficient (Wildman–Crippen LogP) is 0.493. The Balaban J connectivity index is 5.09. The normalized spacial score (nSPS) is 14.6. The van der Waals surface area contributed by atoms with Crippen molar-refractivity contribution in [3.05, 3.63) is 12.2 Å². The molecule has 0 rings (SSSR count). The molecule has 0 aromatic carbocycles. The molecule has 9 heteroatoms. The number of hydrogen-bond donors (Lipinski definition) is 5. The van der Waals surface area contributed by atoms with Crippen LogP contribution in [0.4, 0.5) is 0 Å². The Morgan fingerprint density at radius 2 is 1.56 bits per heavy atom. The van der Waals surface area contributed by atoms with Crippen molar-refractivity contribution in [3.8, 4) is 0 Å². The maximum Gasteiger partial charge on any atom is 0.328 e. The van der Waals surface area contributed by atoms with Crippen molar-refractivity contribution in [2.45, 2.75) is 58.5 Å². The zero-order chi connectivity index (χ0) is 21.0. The quantitative estimate of drug-likeness (QED) is 0.228. The number of nitrogens with two attached hydrogens (primary N) is 1. The van der Waals surface area contributed by atoms with Gasteiger partial charge in [-0.1, -0.05) is 26.8 Å². The Bertz CT molecular complexity index is 547. The van der Waals surface area contributed by atoms with E-state index in [0.29, 0.717) is 25.8 Å². The molecule has 0 aliphatic carbocycles. The molecule has 0 radical (unpaired) electrons. The molecule has 9 nitrogen and oxygen atoms in total. The van der Waals surface area contributed by atoms with Crippen LogP contribution in [0.25, 0.3) is 0 Å². The zero-order valence-corrected chi connectivity index (χ0v) is 16.1. The average Bonchev–Trinajstić information content (AvgIpc) is 2.57. The van der Waals surface area contributed by atoms with Crippen molar-refractivity contribution < 1.29 is 29.4 Å². The maximum atomic E-state index is 12.5. The molecule has 1 unspecified atom stereocenters. The third-order valence-corrected chi connectivity index (χ3v) is 3.84. The molecule has 0 aliphatic heterocycles. The molecule has 3 atom stereocenters. The SMILES string of the molecule is CC(C)C[C@H](NC(=O)C(CCCCN)NC(=O)[C@@H](C)/C=C/C(=O)O)C(=O)O. The molecule has 0 bridgehead atoms. The summed E-state index contributed by atoms with van der Waals surface area (Å²) in [6, 6.07) is -1.96. The second-order valence-corrected chi connectivity index (χ2v) is 6.86. The third-order valence-electron chi connectivity index (χ3n) is 3.84. The minimum Gasteiger partial charge on any atom is -0.480 e. The first kappa shape index (κ1) is 24.6. The van der Waals surface area contributed by atoms with Gasteiger partial charge in [-0.3, -0.25) is 9.59 Å². The standard InChI is InChI=1S/C18H31N3O6/c1-11(2)10-14(18(26)27)21-17(25)13(6-4-5-9-19)20-16(24)12(3)7-8-15(22)23/h7-8,11-14H,4-6,9-10,19H2,1-3H3,(H,20,24)(H,21,25)(H,22,23)(H,26,27)/b8-7+/t12-,13?,14-/m0/s1. The van der Waals surface area contributed by atoms with Crippen molar-refractivity contribution in [1.82, 2.24) is 10.6 Å². The minimum atomic E-state index is -1.18. The predicted molar refractivity (Wildman–Crippen MR) is 99.8 cm³/mol. The van der Waals surface area contributed by atoms with Gasteiger partial charge in [0.2, 0.25) is 11.8 Å². The number of rotatable bonds is 13. The van der Waals surface area contributed by atoms with Crippen molar-refractivity contribution in [2.75, 3.05) is 6.54 Å². The van der Waals surface area contributed by atoms with Crippen LogP contribution in [-0.4, -0.2) is 52.6 Å². The summed E-state index contributed by atoms with van der Waals surface area (Å²) in [6.07, 6.45) is 3.88. The van der Waals surface area contributed by atoms with E-state index >= 15 is 0 Å². The minimum absolute atomic E-state index is 0.0675. The summed E-state index contributed by atoms with van der Waals surface area (Å²) in [5, 5.41) is 22.9. The van der Waals surface area contributed by atoms with Crippen LogP contribution < -0.4 is 16.4 Å². The summed E-state index contributed by atoms with van der Waals surface area (Å²) < 4.78 is 0. The average molecular weight is 385 g/mol. The number of carboxylic acid groups (broad SMARTS) is 2. The number of aliphatic carboxylic acids is 2. The lowest BCUT2D eigenvalue weighted by Crippen LogP contribution is -2.52. The zero-order valence-electron chi connectivity index (χ0n) is 16.1. The first-order valence-electron chi connectivity index (χ1n) is 9.03. The van der Waals surface area contributed by atoms with Crippen LogP contribution >= 0.6 is 0 Å². The van der Waals surface area contributed by atoms with Crippen LogP contribution in [0.3, 0.4) is 0 Å². The first-order valence-corrected chi connectivity index (χ1v) is 9.03. The van der Waals surface area contributed by atoms with Crippen molar-refractivity contribution in [1.29, 1.82) is 0 Å². The highest BCUT2D eigenvalue weighted by Crippen LogP contribution is 2.08. The summed E-state index contributed by atoms with van der Waals surface area (Å²) in [6.45, 7) is 5.63. The fourth-order valence-electron chi connectivity index (χ4n) is 2.34. The highest BCUT2D eigenvalue weighted by Gasteiger charge is 2.27. The Morgan fingerprint density at radius 3 is 2.04 bits per heavy atom. The number of amides is 2. The topological polar surface area (TPSA) is 159 Å². The van der Waals surface area contributed by atoms with Crippen molar-refractivity contribution in [2.24, 2.45) is 17.6 Å². The van der Waals surface area contributed by atoms with Gasteiger partial charge in [0.15, 0.2) is 0 Å². The van der Waals surface area contributed by atoms with Gasteiger partial charge < -0.3 is 26.6 Å². The van der Waals surface area contributed by atoms with E-state index in [1.54, 1.807) is 0 Å². The molecule has 0 saturated heterocycles. The lowest BCUT2D eigenvalue weighted by molar-refractivity contribution is -0.142. The van der Waals surface area contributed by atoms with Crippen LogP contribution in [0, 0.1) is 11.8 Å². The van der Waals surface area contributed by atoms with Gasteiger partial charge in [0.05, 0.1) is 5.92 Å². The molecular formula is C18H31N3O6. The van der Waals surface area contributed by atoms with Gasteiger partial charge in [0.1, 0.15) is 12.1 Å². The Morgan fingerprint density at radius 1 is 0.963 bits per heavy atom. The second kappa shape index (κ2) is 12.9. The van der Waals surface area contributed by atoms with Crippen molar-refractivity contribution in [3.63, 3.8) is 0 Å². The summed E-state index contributed by atoms with van der Waals surface area (Å²) in [5.74, 6) is -4.10. The van der Waals surface area contributed by atoms with E-state index in [4.69, 9.17) is 10.8 Å². The third kappa shape index (κ3) is 11.0. The number of nitrogens with one attached hydrogen (secondary N) is 2. The van der Waals surface area contributed by atoms with E-state index in [9.17, 15) is 24.3 Å². The van der Waals surface area contributed by atoms with Gasteiger partial charge >= 0.3 is 11.9 Å². The van der Waals surface area contributed by atoms with Crippen LogP contribution in [-0.2, 0) is 19.2 Å². The van der Waals surface area contributed by atoms with E-state index in [-0.39, 0.29) is 12.3 Å². The highest BCUT2D eigenvalue weighted by atomic mass is 16.4. The summed E-state index contributed by atoms with van der Waals surface area (Å²) in [5.41, 5.74) is 5.45. The van der Waals surface area contributed by atoms with Crippen molar-refractivity contribution >= 4 is 23.8 Å². The summed E-state index contributed by atoms with van der Waals surface area (Å²) in [4.78, 5) is 46.7. The molecule has 0 saturated carbocycles. The monoisotopic (exact) mass is 385 g/mol. The molecule has 0 aromatic rings. The van der Waals surface area contributed by atoms with Gasteiger partial charge in [-0.15, -0.1) is 0 Å². The molecular weight excluding hydrogens is 354 g/mol. The van der Waals surface area contributed by atoms with Gasteiger partial charge in [0.25, 0.3) is 0 Å². The van der Waals surface area contributed by atoms with E-state index < -0.39 is 41.8 Å². The van der Waals surface area contributed by atoms with Crippen LogP contribution in [0.15, 0.2) is 12.2 Å².